The van der Waals surface area contributed by atoms with Gasteiger partial charge in [-0.25, -0.2) is 4.79 Å². The molecule has 0 bridgehead atoms. The van der Waals surface area contributed by atoms with E-state index in [1.165, 1.54) is 0 Å². The summed E-state index contributed by atoms with van der Waals surface area (Å²) < 4.78 is 11.4. The second kappa shape index (κ2) is 5.79. The Morgan fingerprint density at radius 3 is 2.06 bits per heavy atom. The maximum Gasteiger partial charge on any atom is 0.385 e. The van der Waals surface area contributed by atoms with E-state index in [4.69, 9.17) is 8.54 Å². The molecule has 0 aromatic heterocycles. The smallest absolute Gasteiger partial charge is 0.385 e. The molecule has 0 aromatic rings. The molecule has 94 valence electrons. The van der Waals surface area contributed by atoms with E-state index in [2.05, 4.69) is 19.6 Å². The van der Waals surface area contributed by atoms with Gasteiger partial charge < -0.3 is 8.54 Å². The van der Waals surface area contributed by atoms with Crippen LogP contribution in [0.15, 0.2) is 11.6 Å². The minimum atomic E-state index is -2.32. The van der Waals surface area contributed by atoms with Gasteiger partial charge in [-0.2, -0.15) is 0 Å². The van der Waals surface area contributed by atoms with Crippen LogP contribution in [0.4, 0.5) is 0 Å². The number of carbonyl (C=O) groups excluding carboxylic acids is 1. The van der Waals surface area contributed by atoms with E-state index in [1.54, 1.807) is 6.92 Å². The Morgan fingerprint density at radius 2 is 1.69 bits per heavy atom. The molecule has 0 aliphatic heterocycles. The molecule has 0 unspecified atom stereocenters. The summed E-state index contributed by atoms with van der Waals surface area (Å²) in [4.78, 5) is 11.7. The van der Waals surface area contributed by atoms with Crippen molar-refractivity contribution in [1.82, 2.24) is 0 Å². The molecule has 0 radical (unpaired) electrons. The average molecular weight is 260 g/mol. The van der Waals surface area contributed by atoms with Gasteiger partial charge in [-0.05, 0) is 46.1 Å². The Labute approximate surface area is 101 Å². The molecule has 3 nitrogen and oxygen atoms in total. The zero-order valence-electron chi connectivity index (χ0n) is 11.5. The van der Waals surface area contributed by atoms with Crippen molar-refractivity contribution < 1.29 is 13.3 Å². The first kappa shape index (κ1) is 15.6. The van der Waals surface area contributed by atoms with Gasteiger partial charge in [0.05, 0.1) is 0 Å². The summed E-state index contributed by atoms with van der Waals surface area (Å²) in [6, 6.07) is 0. The number of carbonyl (C=O) groups is 1. The van der Waals surface area contributed by atoms with Crippen LogP contribution in [0.3, 0.4) is 0 Å². The number of hydrogen-bond acceptors (Lipinski definition) is 3. The normalized spacial score (nSPS) is 13.8. The molecule has 0 saturated heterocycles. The van der Waals surface area contributed by atoms with Crippen LogP contribution in [-0.2, 0) is 13.3 Å². The fourth-order valence-electron chi connectivity index (χ4n) is 1.45. The molecule has 0 fully saturated rings. The SMILES string of the molecule is CCC=C(C)C(=O)O[Si](C)(C)O[Si](C)(C)C. The maximum atomic E-state index is 11.7. The number of rotatable bonds is 5. The van der Waals surface area contributed by atoms with Gasteiger partial charge in [0.1, 0.15) is 0 Å². The van der Waals surface area contributed by atoms with Crippen LogP contribution >= 0.6 is 0 Å². The molecular weight excluding hydrogens is 236 g/mol. The molecule has 0 aliphatic carbocycles. The Hall–Kier alpha value is -0.396. The van der Waals surface area contributed by atoms with Gasteiger partial charge in [-0.1, -0.05) is 13.0 Å². The summed E-state index contributed by atoms with van der Waals surface area (Å²) in [5.74, 6) is -0.239. The van der Waals surface area contributed by atoms with Crippen LogP contribution in [0, 0.1) is 0 Å². The molecule has 0 N–H and O–H groups in total. The first-order chi connectivity index (χ1) is 7.07. The van der Waals surface area contributed by atoms with E-state index < -0.39 is 16.9 Å². The van der Waals surface area contributed by atoms with Crippen molar-refractivity contribution in [3.05, 3.63) is 11.6 Å². The van der Waals surface area contributed by atoms with Crippen LogP contribution < -0.4 is 0 Å². The largest absolute Gasteiger partial charge is 0.492 e. The standard InChI is InChI=1S/C11H24O3Si2/c1-8-9-10(2)11(12)13-16(6,7)14-15(3,4)5/h9H,8H2,1-7H3. The molecule has 5 heteroatoms. The first-order valence-electron chi connectivity index (χ1n) is 5.67. The topological polar surface area (TPSA) is 35.5 Å². The predicted octanol–water partition coefficient (Wildman–Crippen LogP) is 3.44. The van der Waals surface area contributed by atoms with E-state index in [1.807, 2.05) is 26.1 Å². The lowest BCUT2D eigenvalue weighted by Crippen LogP contribution is -2.46. The summed E-state index contributed by atoms with van der Waals surface area (Å²) in [5.41, 5.74) is 0.669. The molecule has 16 heavy (non-hydrogen) atoms. The Morgan fingerprint density at radius 1 is 1.19 bits per heavy atom. The highest BCUT2D eigenvalue weighted by molar-refractivity contribution is 6.82. The lowest BCUT2D eigenvalue weighted by molar-refractivity contribution is -0.131. The summed E-state index contributed by atoms with van der Waals surface area (Å²) in [5, 5.41) is 0. The van der Waals surface area contributed by atoms with Crippen molar-refractivity contribution in [1.29, 1.82) is 0 Å². The first-order valence-corrected chi connectivity index (χ1v) is 11.9. The third-order valence-corrected chi connectivity index (χ3v) is 6.82. The average Bonchev–Trinajstić information content (AvgIpc) is 1.98. The molecule has 0 spiro atoms. The second-order valence-electron chi connectivity index (χ2n) is 5.30. The van der Waals surface area contributed by atoms with Gasteiger partial charge in [-0.15, -0.1) is 0 Å². The molecule has 0 amide bonds. The third-order valence-electron chi connectivity index (χ3n) is 1.72. The molecular formula is C11H24O3Si2. The van der Waals surface area contributed by atoms with Crippen molar-refractivity contribution in [3.63, 3.8) is 0 Å². The van der Waals surface area contributed by atoms with Crippen molar-refractivity contribution >= 4 is 22.8 Å². The Bertz CT molecular complexity index is 277. The second-order valence-corrected chi connectivity index (χ2v) is 13.3. The fraction of sp³-hybridized carbons (Fsp3) is 0.727. The van der Waals surface area contributed by atoms with Crippen LogP contribution in [0.2, 0.25) is 32.7 Å². The van der Waals surface area contributed by atoms with Gasteiger partial charge in [0.25, 0.3) is 0 Å². The van der Waals surface area contributed by atoms with Crippen LogP contribution in [0.25, 0.3) is 0 Å². The van der Waals surface area contributed by atoms with Gasteiger partial charge in [-0.3, -0.25) is 0 Å². The van der Waals surface area contributed by atoms with E-state index in [0.29, 0.717) is 5.57 Å². The van der Waals surface area contributed by atoms with Crippen molar-refractivity contribution in [2.45, 2.75) is 53.0 Å². The zero-order chi connectivity index (χ0) is 13.0. The van der Waals surface area contributed by atoms with E-state index in [0.717, 1.165) is 6.42 Å². The van der Waals surface area contributed by atoms with Gasteiger partial charge in [0.15, 0.2) is 8.32 Å². The zero-order valence-corrected chi connectivity index (χ0v) is 13.5. The number of hydrogen-bond donors (Lipinski definition) is 0. The fourth-order valence-corrected chi connectivity index (χ4v) is 8.12. The van der Waals surface area contributed by atoms with Crippen molar-refractivity contribution in [2.24, 2.45) is 0 Å². The minimum absolute atomic E-state index is 0.239. The summed E-state index contributed by atoms with van der Waals surface area (Å²) in [7, 11) is -3.97. The van der Waals surface area contributed by atoms with E-state index in [9.17, 15) is 4.79 Å². The minimum Gasteiger partial charge on any atom is -0.492 e. The van der Waals surface area contributed by atoms with Gasteiger partial charge in [0.2, 0.25) is 0 Å². The molecule has 0 heterocycles. The van der Waals surface area contributed by atoms with Crippen molar-refractivity contribution in [2.75, 3.05) is 0 Å². The molecule has 0 rings (SSSR count). The molecule has 0 aliphatic rings. The van der Waals surface area contributed by atoms with Crippen LogP contribution in [0.5, 0.6) is 0 Å². The Kier molecular flexibility index (Phi) is 5.65. The van der Waals surface area contributed by atoms with Crippen LogP contribution in [-0.4, -0.2) is 22.8 Å². The lowest BCUT2D eigenvalue weighted by atomic mass is 10.2. The predicted molar refractivity (Wildman–Crippen MR) is 72.1 cm³/mol. The van der Waals surface area contributed by atoms with Gasteiger partial charge in [0, 0.05) is 5.57 Å². The highest BCUT2D eigenvalue weighted by atomic mass is 28.4. The van der Waals surface area contributed by atoms with Gasteiger partial charge >= 0.3 is 14.5 Å². The lowest BCUT2D eigenvalue weighted by Gasteiger charge is -2.30. The van der Waals surface area contributed by atoms with Crippen molar-refractivity contribution in [3.8, 4) is 0 Å². The monoisotopic (exact) mass is 260 g/mol. The quantitative estimate of drug-likeness (QED) is 0.561. The summed E-state index contributed by atoms with van der Waals surface area (Å²) >= 11 is 0. The van der Waals surface area contributed by atoms with Crippen LogP contribution in [0.1, 0.15) is 20.3 Å². The molecule has 0 aromatic carbocycles. The molecule has 0 atom stereocenters. The summed E-state index contributed by atoms with van der Waals surface area (Å²) in [6.07, 6.45) is 2.72. The highest BCUT2D eigenvalue weighted by Crippen LogP contribution is 2.16. The van der Waals surface area contributed by atoms with E-state index in [-0.39, 0.29) is 5.97 Å². The maximum absolute atomic E-state index is 11.7. The number of allylic oxidation sites excluding steroid dienone is 1. The highest BCUT2D eigenvalue weighted by Gasteiger charge is 2.35. The molecule has 0 saturated carbocycles. The van der Waals surface area contributed by atoms with E-state index >= 15 is 0 Å². The summed E-state index contributed by atoms with van der Waals surface area (Å²) in [6.45, 7) is 13.9. The Balaban J connectivity index is 4.48. The third kappa shape index (κ3) is 6.97.